The summed E-state index contributed by atoms with van der Waals surface area (Å²) in [5.41, 5.74) is 3.66. The van der Waals surface area contributed by atoms with Crippen LogP contribution in [0.25, 0.3) is 6.08 Å². The Balaban J connectivity index is 1.66. The smallest absolute Gasteiger partial charge is 0.335 e. The van der Waals surface area contributed by atoms with Crippen LogP contribution < -0.4 is 15.0 Å². The van der Waals surface area contributed by atoms with Crippen LogP contribution in [0.1, 0.15) is 22.3 Å². The second-order valence-electron chi connectivity index (χ2n) is 7.70. The Labute approximate surface area is 200 Å². The van der Waals surface area contributed by atoms with Gasteiger partial charge in [-0.15, -0.1) is 0 Å². The molecule has 6 nitrogen and oxygen atoms in total. The minimum Gasteiger partial charge on any atom is -0.488 e. The second-order valence-corrected chi connectivity index (χ2v) is 8.62. The third-order valence-electron chi connectivity index (χ3n) is 5.20. The average molecular weight is 505 g/mol. The van der Waals surface area contributed by atoms with Gasteiger partial charge in [-0.05, 0) is 55.3 Å². The average Bonchev–Trinajstić information content (AvgIpc) is 2.77. The zero-order valence-electron chi connectivity index (χ0n) is 18.1. The molecule has 0 bridgehead atoms. The number of para-hydroxylation sites is 1. The van der Waals surface area contributed by atoms with Gasteiger partial charge in [0.1, 0.15) is 17.9 Å². The SMILES string of the molecule is Cc1cccc(COc2ccccc2/C=C2/C(=O)NC(=O)N(c3ccc(Br)cc3C)C2=O)c1. The largest absolute Gasteiger partial charge is 0.488 e. The number of imide groups is 2. The van der Waals surface area contributed by atoms with E-state index in [4.69, 9.17) is 4.74 Å². The predicted molar refractivity (Wildman–Crippen MR) is 130 cm³/mol. The van der Waals surface area contributed by atoms with Crippen LogP contribution in [0.2, 0.25) is 0 Å². The minimum atomic E-state index is -0.781. The standard InChI is InChI=1S/C26H21BrN2O4/c1-16-6-5-7-18(12-16)15-33-23-9-4-3-8-19(23)14-21-24(30)28-26(32)29(25(21)31)22-11-10-20(27)13-17(22)2/h3-14H,15H2,1-2H3,(H,28,30,32)/b21-14-. The summed E-state index contributed by atoms with van der Waals surface area (Å²) in [6.07, 6.45) is 1.46. The molecular formula is C26H21BrN2O4. The molecule has 0 aromatic heterocycles. The monoisotopic (exact) mass is 504 g/mol. The quantitative estimate of drug-likeness (QED) is 0.377. The molecule has 1 saturated heterocycles. The molecule has 0 radical (unpaired) electrons. The highest BCUT2D eigenvalue weighted by molar-refractivity contribution is 9.10. The van der Waals surface area contributed by atoms with Crippen LogP contribution in [0.15, 0.2) is 76.8 Å². The molecule has 4 amide bonds. The summed E-state index contributed by atoms with van der Waals surface area (Å²) < 4.78 is 6.80. The molecule has 1 aliphatic heterocycles. The molecule has 7 heteroatoms. The maximum Gasteiger partial charge on any atom is 0.335 e. The second kappa shape index (κ2) is 9.42. The van der Waals surface area contributed by atoms with Gasteiger partial charge in [-0.1, -0.05) is 64.0 Å². The lowest BCUT2D eigenvalue weighted by Gasteiger charge is -2.27. The van der Waals surface area contributed by atoms with E-state index in [0.29, 0.717) is 29.2 Å². The number of ether oxygens (including phenoxy) is 1. The first-order valence-corrected chi connectivity index (χ1v) is 11.1. The number of nitrogens with one attached hydrogen (secondary N) is 1. The summed E-state index contributed by atoms with van der Waals surface area (Å²) in [4.78, 5) is 39.3. The van der Waals surface area contributed by atoms with E-state index in [1.165, 1.54) is 6.08 Å². The van der Waals surface area contributed by atoms with Gasteiger partial charge in [0.2, 0.25) is 0 Å². The van der Waals surface area contributed by atoms with Gasteiger partial charge in [0.15, 0.2) is 0 Å². The number of amides is 4. The van der Waals surface area contributed by atoms with Crippen LogP contribution in [0.5, 0.6) is 5.75 Å². The zero-order valence-corrected chi connectivity index (χ0v) is 19.7. The summed E-state index contributed by atoms with van der Waals surface area (Å²) in [6.45, 7) is 4.13. The minimum absolute atomic E-state index is 0.150. The fourth-order valence-corrected chi connectivity index (χ4v) is 4.07. The van der Waals surface area contributed by atoms with E-state index in [9.17, 15) is 14.4 Å². The Kier molecular flexibility index (Phi) is 6.42. The van der Waals surface area contributed by atoms with E-state index in [1.54, 1.807) is 43.3 Å². The lowest BCUT2D eigenvalue weighted by Crippen LogP contribution is -2.54. The number of benzene rings is 3. The van der Waals surface area contributed by atoms with Gasteiger partial charge < -0.3 is 4.74 Å². The first kappa shape index (κ1) is 22.5. The maximum atomic E-state index is 13.2. The van der Waals surface area contributed by atoms with Gasteiger partial charge in [-0.2, -0.15) is 0 Å². The maximum absolute atomic E-state index is 13.2. The molecule has 0 aliphatic carbocycles. The van der Waals surface area contributed by atoms with Gasteiger partial charge in [-0.25, -0.2) is 9.69 Å². The molecule has 3 aromatic carbocycles. The molecule has 1 N–H and O–H groups in total. The first-order chi connectivity index (χ1) is 15.8. The van der Waals surface area contributed by atoms with Crippen LogP contribution in [-0.4, -0.2) is 17.8 Å². The van der Waals surface area contributed by atoms with Crippen molar-refractivity contribution in [2.45, 2.75) is 20.5 Å². The molecule has 0 saturated carbocycles. The fraction of sp³-hybridized carbons (Fsp3) is 0.115. The lowest BCUT2D eigenvalue weighted by atomic mass is 10.0. The fourth-order valence-electron chi connectivity index (χ4n) is 3.60. The first-order valence-electron chi connectivity index (χ1n) is 10.3. The van der Waals surface area contributed by atoms with Crippen molar-refractivity contribution in [2.24, 2.45) is 0 Å². The van der Waals surface area contributed by atoms with E-state index in [2.05, 4.69) is 21.2 Å². The van der Waals surface area contributed by atoms with Crippen molar-refractivity contribution in [3.63, 3.8) is 0 Å². The molecule has 1 fully saturated rings. The zero-order chi connectivity index (χ0) is 23.5. The Morgan fingerprint density at radius 2 is 1.76 bits per heavy atom. The molecular weight excluding hydrogens is 484 g/mol. The number of nitrogens with zero attached hydrogens (tertiary/aromatic N) is 1. The van der Waals surface area contributed by atoms with E-state index in [1.807, 2.05) is 37.3 Å². The van der Waals surface area contributed by atoms with Crippen molar-refractivity contribution in [1.82, 2.24) is 5.32 Å². The molecule has 0 atom stereocenters. The number of halogens is 1. The number of anilines is 1. The number of hydrogen-bond donors (Lipinski definition) is 1. The highest BCUT2D eigenvalue weighted by atomic mass is 79.9. The molecule has 1 aliphatic rings. The topological polar surface area (TPSA) is 75.7 Å². The van der Waals surface area contributed by atoms with Gasteiger partial charge in [0.25, 0.3) is 11.8 Å². The van der Waals surface area contributed by atoms with Gasteiger partial charge in [0, 0.05) is 10.0 Å². The van der Waals surface area contributed by atoms with Crippen LogP contribution in [-0.2, 0) is 16.2 Å². The van der Waals surface area contributed by atoms with Gasteiger partial charge in [-0.3, -0.25) is 14.9 Å². The summed E-state index contributed by atoms with van der Waals surface area (Å²) in [5, 5.41) is 2.26. The molecule has 0 unspecified atom stereocenters. The van der Waals surface area contributed by atoms with Crippen molar-refractivity contribution in [2.75, 3.05) is 4.90 Å². The summed E-state index contributed by atoms with van der Waals surface area (Å²) in [5.74, 6) is -0.914. The van der Waals surface area contributed by atoms with E-state index in [0.717, 1.165) is 20.5 Å². The van der Waals surface area contributed by atoms with E-state index in [-0.39, 0.29) is 5.57 Å². The van der Waals surface area contributed by atoms with Crippen molar-refractivity contribution < 1.29 is 19.1 Å². The van der Waals surface area contributed by atoms with Crippen molar-refractivity contribution >= 4 is 45.5 Å². The Hall–Kier alpha value is -3.71. The third kappa shape index (κ3) is 4.88. The predicted octanol–water partition coefficient (Wildman–Crippen LogP) is 5.31. The molecule has 33 heavy (non-hydrogen) atoms. The number of carbonyl (C=O) groups is 3. The van der Waals surface area contributed by atoms with Gasteiger partial charge in [0.05, 0.1) is 5.69 Å². The highest BCUT2D eigenvalue weighted by Gasteiger charge is 2.37. The normalized spacial score (nSPS) is 15.1. The molecule has 4 rings (SSSR count). The highest BCUT2D eigenvalue weighted by Crippen LogP contribution is 2.29. The summed E-state index contributed by atoms with van der Waals surface area (Å²) >= 11 is 3.38. The molecule has 1 heterocycles. The number of barbiturate groups is 1. The van der Waals surface area contributed by atoms with Gasteiger partial charge >= 0.3 is 6.03 Å². The Morgan fingerprint density at radius 3 is 2.52 bits per heavy atom. The third-order valence-corrected chi connectivity index (χ3v) is 5.69. The van der Waals surface area contributed by atoms with Crippen LogP contribution in [0.3, 0.4) is 0 Å². The van der Waals surface area contributed by atoms with Crippen molar-refractivity contribution in [3.05, 3.63) is 99.0 Å². The van der Waals surface area contributed by atoms with Crippen LogP contribution in [0.4, 0.5) is 10.5 Å². The van der Waals surface area contributed by atoms with Crippen molar-refractivity contribution in [1.29, 1.82) is 0 Å². The van der Waals surface area contributed by atoms with Crippen LogP contribution >= 0.6 is 15.9 Å². The molecule has 3 aromatic rings. The van der Waals surface area contributed by atoms with Crippen LogP contribution in [0, 0.1) is 13.8 Å². The summed E-state index contributed by atoms with van der Waals surface area (Å²) in [7, 11) is 0. The van der Waals surface area contributed by atoms with E-state index >= 15 is 0 Å². The number of carbonyl (C=O) groups excluding carboxylic acids is 3. The number of hydrogen-bond acceptors (Lipinski definition) is 4. The number of aryl methyl sites for hydroxylation is 2. The lowest BCUT2D eigenvalue weighted by molar-refractivity contribution is -0.122. The molecule has 166 valence electrons. The summed E-state index contributed by atoms with van der Waals surface area (Å²) in [6, 6.07) is 19.5. The molecule has 0 spiro atoms. The Bertz CT molecular complexity index is 1300. The van der Waals surface area contributed by atoms with Crippen molar-refractivity contribution in [3.8, 4) is 5.75 Å². The Morgan fingerprint density at radius 1 is 0.970 bits per heavy atom. The number of urea groups is 1. The number of rotatable bonds is 5. The van der Waals surface area contributed by atoms with E-state index < -0.39 is 17.8 Å².